The van der Waals surface area contributed by atoms with Crippen LogP contribution in [0.3, 0.4) is 0 Å². The first-order valence-corrected chi connectivity index (χ1v) is 7.08. The second-order valence-corrected chi connectivity index (χ2v) is 5.09. The molecule has 1 aromatic heterocycles. The van der Waals surface area contributed by atoms with Gasteiger partial charge >= 0.3 is 11.6 Å². The number of hydrogen-bond acceptors (Lipinski definition) is 4. The minimum absolute atomic E-state index is 0.0273. The Kier molecular flexibility index (Phi) is 5.17. The van der Waals surface area contributed by atoms with E-state index in [2.05, 4.69) is 0 Å². The van der Waals surface area contributed by atoms with E-state index >= 15 is 0 Å². The van der Waals surface area contributed by atoms with Crippen LogP contribution in [0, 0.1) is 6.92 Å². The Labute approximate surface area is 132 Å². The average Bonchev–Trinajstić information content (AvgIpc) is 2.47. The predicted molar refractivity (Wildman–Crippen MR) is 86.0 cm³/mol. The molecule has 0 saturated heterocycles. The largest absolute Gasteiger partial charge is 0.458 e. The molecule has 0 bridgehead atoms. The van der Waals surface area contributed by atoms with E-state index < -0.39 is 11.6 Å². The molecule has 1 heterocycles. The first-order chi connectivity index (χ1) is 10.5. The molecule has 0 aliphatic carbocycles. The van der Waals surface area contributed by atoms with Gasteiger partial charge in [-0.3, -0.25) is 0 Å². The Bertz CT molecular complexity index is 815. The van der Waals surface area contributed by atoms with Crippen LogP contribution in [0.15, 0.2) is 51.7 Å². The molecule has 0 radical (unpaired) electrons. The van der Waals surface area contributed by atoms with Crippen molar-refractivity contribution in [3.05, 3.63) is 69.1 Å². The number of benzene rings is 1. The highest BCUT2D eigenvalue weighted by molar-refractivity contribution is 6.32. The topological polar surface area (TPSA) is 56.5 Å². The van der Waals surface area contributed by atoms with Gasteiger partial charge in [0.15, 0.2) is 0 Å². The lowest BCUT2D eigenvalue weighted by Crippen LogP contribution is -2.05. The number of carbonyl (C=O) groups excluding carboxylic acids is 1. The smallest absolute Gasteiger partial charge is 0.336 e. The quantitative estimate of drug-likeness (QED) is 0.371. The van der Waals surface area contributed by atoms with Gasteiger partial charge in [0.2, 0.25) is 0 Å². The summed E-state index contributed by atoms with van der Waals surface area (Å²) in [4.78, 5) is 23.2. The van der Waals surface area contributed by atoms with Crippen molar-refractivity contribution >= 4 is 28.5 Å². The highest BCUT2D eigenvalue weighted by Gasteiger charge is 2.10. The van der Waals surface area contributed by atoms with Gasteiger partial charge in [-0.25, -0.2) is 9.59 Å². The number of carbonyl (C=O) groups is 1. The first-order valence-electron chi connectivity index (χ1n) is 6.70. The molecule has 2 rings (SSSR count). The fourth-order valence-electron chi connectivity index (χ4n) is 1.91. The summed E-state index contributed by atoms with van der Waals surface area (Å²) in [6, 6.07) is 4.70. The maximum Gasteiger partial charge on any atom is 0.336 e. The molecule has 4 nitrogen and oxygen atoms in total. The normalized spacial score (nSPS) is 11.6. The van der Waals surface area contributed by atoms with Gasteiger partial charge in [-0.05, 0) is 31.5 Å². The zero-order valence-electron chi connectivity index (χ0n) is 12.3. The molecule has 0 N–H and O–H groups in total. The molecule has 0 spiro atoms. The predicted octanol–water partition coefficient (Wildman–Crippen LogP) is 3.93. The van der Waals surface area contributed by atoms with Crippen molar-refractivity contribution in [2.24, 2.45) is 0 Å². The number of fused-ring (bicyclic) bond motifs is 1. The fourth-order valence-corrected chi connectivity index (χ4v) is 2.07. The number of allylic oxidation sites excluding steroid dienone is 3. The van der Waals surface area contributed by atoms with Gasteiger partial charge < -0.3 is 9.15 Å². The van der Waals surface area contributed by atoms with Gasteiger partial charge in [0.05, 0.1) is 0 Å². The number of rotatable bonds is 4. The number of halogens is 1. The van der Waals surface area contributed by atoms with Crippen molar-refractivity contribution in [2.75, 3.05) is 0 Å². The highest BCUT2D eigenvalue weighted by atomic mass is 35.5. The van der Waals surface area contributed by atoms with Crippen molar-refractivity contribution in [2.45, 2.75) is 20.5 Å². The van der Waals surface area contributed by atoms with E-state index in [1.807, 2.05) is 13.8 Å². The molecule has 0 saturated carbocycles. The summed E-state index contributed by atoms with van der Waals surface area (Å²) in [6.07, 6.45) is 6.41. The summed E-state index contributed by atoms with van der Waals surface area (Å²) >= 11 is 6.10. The van der Waals surface area contributed by atoms with Crippen LogP contribution >= 0.6 is 11.6 Å². The van der Waals surface area contributed by atoms with Gasteiger partial charge in [0.1, 0.15) is 12.2 Å². The zero-order chi connectivity index (χ0) is 16.1. The lowest BCUT2D eigenvalue weighted by molar-refractivity contribution is -0.138. The summed E-state index contributed by atoms with van der Waals surface area (Å²) in [5.41, 5.74) is 1.29. The Morgan fingerprint density at radius 3 is 2.82 bits per heavy atom. The molecule has 5 heteroatoms. The van der Waals surface area contributed by atoms with E-state index in [0.29, 0.717) is 21.6 Å². The molecule has 22 heavy (non-hydrogen) atoms. The van der Waals surface area contributed by atoms with Crippen molar-refractivity contribution in [1.82, 2.24) is 0 Å². The Morgan fingerprint density at radius 1 is 1.32 bits per heavy atom. The summed E-state index contributed by atoms with van der Waals surface area (Å²) < 4.78 is 10.3. The molecular formula is C17H15ClO4. The average molecular weight is 319 g/mol. The maximum absolute atomic E-state index is 11.6. The van der Waals surface area contributed by atoms with Crippen LogP contribution < -0.4 is 5.63 Å². The third-order valence-electron chi connectivity index (χ3n) is 3.02. The van der Waals surface area contributed by atoms with E-state index in [0.717, 1.165) is 5.56 Å². The molecule has 1 aromatic carbocycles. The first kappa shape index (κ1) is 16.0. The number of hydrogen-bond donors (Lipinski definition) is 0. The van der Waals surface area contributed by atoms with Crippen molar-refractivity contribution in [1.29, 1.82) is 0 Å². The minimum Gasteiger partial charge on any atom is -0.458 e. The van der Waals surface area contributed by atoms with Crippen LogP contribution in [0.2, 0.25) is 5.02 Å². The molecule has 114 valence electrons. The molecule has 0 aliphatic rings. The van der Waals surface area contributed by atoms with Crippen molar-refractivity contribution in [3.63, 3.8) is 0 Å². The fraction of sp³-hybridized carbons (Fsp3) is 0.176. The van der Waals surface area contributed by atoms with Gasteiger partial charge in [-0.1, -0.05) is 29.8 Å². The highest BCUT2D eigenvalue weighted by Crippen LogP contribution is 2.25. The summed E-state index contributed by atoms with van der Waals surface area (Å²) in [5, 5.41) is 1.21. The molecule has 2 aromatic rings. The third kappa shape index (κ3) is 3.86. The maximum atomic E-state index is 11.6. The van der Waals surface area contributed by atoms with Gasteiger partial charge in [0.25, 0.3) is 0 Å². The molecule has 0 amide bonds. The van der Waals surface area contributed by atoms with Crippen LogP contribution in [0.25, 0.3) is 11.0 Å². The zero-order valence-corrected chi connectivity index (χ0v) is 13.0. The Morgan fingerprint density at radius 2 is 2.09 bits per heavy atom. The third-order valence-corrected chi connectivity index (χ3v) is 3.42. The van der Waals surface area contributed by atoms with Crippen LogP contribution in [0.1, 0.15) is 18.1 Å². The Balaban J connectivity index is 2.29. The molecular weight excluding hydrogens is 304 g/mol. The van der Waals surface area contributed by atoms with E-state index in [-0.39, 0.29) is 6.61 Å². The van der Waals surface area contributed by atoms with Gasteiger partial charge in [-0.2, -0.15) is 0 Å². The van der Waals surface area contributed by atoms with Crippen molar-refractivity contribution < 1.29 is 13.9 Å². The summed E-state index contributed by atoms with van der Waals surface area (Å²) in [5.74, 6) is -0.488. The Hall–Kier alpha value is -2.33. The van der Waals surface area contributed by atoms with Crippen LogP contribution in [-0.2, 0) is 16.1 Å². The molecule has 0 unspecified atom stereocenters. The number of aryl methyl sites for hydroxylation is 1. The number of esters is 1. The summed E-state index contributed by atoms with van der Waals surface area (Å²) in [6.45, 7) is 3.64. The standard InChI is InChI=1S/C17H15ClO4/c1-3-4-5-6-16(19)21-10-12-8-17(20)22-15-7-11(2)14(18)9-13(12)15/h3-9H,10H2,1-2H3/b4-3+,6-5+. The lowest BCUT2D eigenvalue weighted by Gasteiger charge is -2.07. The number of ether oxygens (including phenoxy) is 1. The monoisotopic (exact) mass is 318 g/mol. The lowest BCUT2D eigenvalue weighted by atomic mass is 10.1. The second-order valence-electron chi connectivity index (χ2n) is 4.68. The SMILES string of the molecule is C/C=C/C=C/C(=O)OCc1cc(=O)oc2cc(C)c(Cl)cc12. The van der Waals surface area contributed by atoms with E-state index in [1.165, 1.54) is 12.1 Å². The van der Waals surface area contributed by atoms with Crippen LogP contribution in [0.5, 0.6) is 0 Å². The molecule has 0 atom stereocenters. The van der Waals surface area contributed by atoms with E-state index in [9.17, 15) is 9.59 Å². The van der Waals surface area contributed by atoms with Crippen LogP contribution in [0.4, 0.5) is 0 Å². The molecule has 0 aliphatic heterocycles. The second kappa shape index (κ2) is 7.09. The molecule has 0 fully saturated rings. The van der Waals surface area contributed by atoms with Gasteiger partial charge in [-0.15, -0.1) is 0 Å². The minimum atomic E-state index is -0.496. The van der Waals surface area contributed by atoms with Crippen LogP contribution in [-0.4, -0.2) is 5.97 Å². The van der Waals surface area contributed by atoms with Gasteiger partial charge in [0, 0.05) is 28.1 Å². The summed E-state index contributed by atoms with van der Waals surface area (Å²) in [7, 11) is 0. The van der Waals surface area contributed by atoms with Crippen molar-refractivity contribution in [3.8, 4) is 0 Å². The van der Waals surface area contributed by atoms with E-state index in [1.54, 1.807) is 30.4 Å². The van der Waals surface area contributed by atoms with E-state index in [4.69, 9.17) is 20.8 Å².